The first-order valence-electron chi connectivity index (χ1n) is 5.17. The second kappa shape index (κ2) is 7.88. The maximum atomic E-state index is 5.53. The van der Waals surface area contributed by atoms with Crippen LogP contribution in [0.1, 0.15) is 5.69 Å². The van der Waals surface area contributed by atoms with Gasteiger partial charge in [0.2, 0.25) is 0 Å². The van der Waals surface area contributed by atoms with Crippen molar-refractivity contribution in [1.29, 1.82) is 0 Å². The summed E-state index contributed by atoms with van der Waals surface area (Å²) in [6.45, 7) is 2.32. The Hall–Kier alpha value is -1.31. The van der Waals surface area contributed by atoms with Crippen LogP contribution < -0.4 is 11.1 Å². The predicted molar refractivity (Wildman–Crippen MR) is 69.1 cm³/mol. The Morgan fingerprint density at radius 3 is 2.82 bits per heavy atom. The van der Waals surface area contributed by atoms with Gasteiger partial charge in [-0.1, -0.05) is 12.2 Å². The average Bonchev–Trinajstić information content (AvgIpc) is 2.34. The van der Waals surface area contributed by atoms with Gasteiger partial charge >= 0.3 is 0 Å². The van der Waals surface area contributed by atoms with Crippen LogP contribution in [-0.4, -0.2) is 48.4 Å². The normalized spacial score (nSPS) is 10.2. The molecule has 1 rings (SSSR count). The van der Waals surface area contributed by atoms with Crippen LogP contribution in [0.2, 0.25) is 0 Å². The standard InChI is InChI=1S/C10H16N4O2S/c1-15-6-7-16-5-4-14-10-8(9(11)17)12-2-3-13-10/h2-3H,4-7H2,1H3,(H2,11,17)(H,13,14). The molecule has 3 N–H and O–H groups in total. The quantitative estimate of drug-likeness (QED) is 0.507. The highest BCUT2D eigenvalue weighted by Crippen LogP contribution is 2.06. The van der Waals surface area contributed by atoms with E-state index in [9.17, 15) is 0 Å². The minimum Gasteiger partial charge on any atom is -0.388 e. The molecule has 1 heterocycles. The molecule has 1 aromatic rings. The number of nitrogens with zero attached hydrogens (tertiary/aromatic N) is 2. The van der Waals surface area contributed by atoms with E-state index in [1.165, 1.54) is 0 Å². The summed E-state index contributed by atoms with van der Waals surface area (Å²) in [5.74, 6) is 0.579. The van der Waals surface area contributed by atoms with Crippen molar-refractivity contribution in [1.82, 2.24) is 9.97 Å². The van der Waals surface area contributed by atoms with Crippen molar-refractivity contribution in [2.75, 3.05) is 38.8 Å². The van der Waals surface area contributed by atoms with E-state index in [4.69, 9.17) is 27.4 Å². The van der Waals surface area contributed by atoms with Crippen molar-refractivity contribution in [3.05, 3.63) is 18.1 Å². The van der Waals surface area contributed by atoms with Crippen molar-refractivity contribution in [3.8, 4) is 0 Å². The van der Waals surface area contributed by atoms with Gasteiger partial charge in [-0.25, -0.2) is 9.97 Å². The van der Waals surface area contributed by atoms with E-state index in [2.05, 4.69) is 15.3 Å². The van der Waals surface area contributed by atoms with Gasteiger partial charge in [0.25, 0.3) is 0 Å². The van der Waals surface area contributed by atoms with Gasteiger partial charge in [0.1, 0.15) is 10.7 Å². The third kappa shape index (κ3) is 5.03. The van der Waals surface area contributed by atoms with Gasteiger partial charge in [0.15, 0.2) is 5.82 Å². The molecular weight excluding hydrogens is 240 g/mol. The molecule has 94 valence electrons. The molecule has 0 aromatic carbocycles. The topological polar surface area (TPSA) is 82.3 Å². The molecule has 17 heavy (non-hydrogen) atoms. The lowest BCUT2D eigenvalue weighted by Crippen LogP contribution is -2.18. The first kappa shape index (κ1) is 13.8. The number of thiocarbonyl (C=S) groups is 1. The van der Waals surface area contributed by atoms with Crippen LogP contribution in [0.5, 0.6) is 0 Å². The van der Waals surface area contributed by atoms with Crippen molar-refractivity contribution < 1.29 is 9.47 Å². The maximum Gasteiger partial charge on any atom is 0.155 e. The summed E-state index contributed by atoms with van der Waals surface area (Å²) in [5, 5.41) is 3.06. The fourth-order valence-electron chi connectivity index (χ4n) is 1.13. The highest BCUT2D eigenvalue weighted by atomic mass is 32.1. The molecule has 0 saturated carbocycles. The van der Waals surface area contributed by atoms with Crippen LogP contribution >= 0.6 is 12.2 Å². The molecule has 7 heteroatoms. The van der Waals surface area contributed by atoms with Gasteiger partial charge in [-0.2, -0.15) is 0 Å². The van der Waals surface area contributed by atoms with E-state index in [-0.39, 0.29) is 4.99 Å². The molecule has 0 bridgehead atoms. The summed E-state index contributed by atoms with van der Waals surface area (Å²) in [7, 11) is 1.63. The first-order chi connectivity index (χ1) is 8.25. The molecule has 0 unspecified atom stereocenters. The van der Waals surface area contributed by atoms with Crippen molar-refractivity contribution in [2.24, 2.45) is 5.73 Å². The molecule has 0 aliphatic heterocycles. The second-order valence-electron chi connectivity index (χ2n) is 3.15. The molecule has 0 amide bonds. The minimum absolute atomic E-state index is 0.223. The van der Waals surface area contributed by atoms with Crippen LogP contribution in [0.15, 0.2) is 12.4 Å². The van der Waals surface area contributed by atoms with E-state index in [1.54, 1.807) is 19.5 Å². The number of nitrogens with one attached hydrogen (secondary N) is 1. The Balaban J connectivity index is 2.34. The molecule has 0 aliphatic rings. The summed E-state index contributed by atoms with van der Waals surface area (Å²) in [6.07, 6.45) is 3.13. The van der Waals surface area contributed by atoms with Gasteiger partial charge in [-0.05, 0) is 0 Å². The molecule has 1 aromatic heterocycles. The fourth-order valence-corrected chi connectivity index (χ4v) is 1.28. The van der Waals surface area contributed by atoms with E-state index >= 15 is 0 Å². The monoisotopic (exact) mass is 256 g/mol. The Morgan fingerprint density at radius 2 is 2.12 bits per heavy atom. The SMILES string of the molecule is COCCOCCNc1nccnc1C(N)=S. The highest BCUT2D eigenvalue weighted by molar-refractivity contribution is 7.80. The van der Waals surface area contributed by atoms with Crippen LogP contribution in [-0.2, 0) is 9.47 Å². The lowest BCUT2D eigenvalue weighted by Gasteiger charge is -2.09. The fraction of sp³-hybridized carbons (Fsp3) is 0.500. The summed E-state index contributed by atoms with van der Waals surface area (Å²) < 4.78 is 10.2. The number of ether oxygens (including phenoxy) is 2. The van der Waals surface area contributed by atoms with Crippen molar-refractivity contribution in [3.63, 3.8) is 0 Å². The first-order valence-corrected chi connectivity index (χ1v) is 5.58. The number of anilines is 1. The molecular formula is C10H16N4O2S. The van der Waals surface area contributed by atoms with Crippen molar-refractivity contribution >= 4 is 23.0 Å². The smallest absolute Gasteiger partial charge is 0.155 e. The highest BCUT2D eigenvalue weighted by Gasteiger charge is 2.06. The molecule has 0 radical (unpaired) electrons. The van der Waals surface area contributed by atoms with E-state index in [0.717, 1.165) is 0 Å². The summed E-state index contributed by atoms with van der Waals surface area (Å²) in [4.78, 5) is 8.39. The zero-order chi connectivity index (χ0) is 12.5. The van der Waals surface area contributed by atoms with Gasteiger partial charge in [-0.3, -0.25) is 0 Å². The van der Waals surface area contributed by atoms with Crippen LogP contribution in [0.3, 0.4) is 0 Å². The maximum absolute atomic E-state index is 5.53. The zero-order valence-corrected chi connectivity index (χ0v) is 10.5. The predicted octanol–water partition coefficient (Wildman–Crippen LogP) is 0.186. The largest absolute Gasteiger partial charge is 0.388 e. The molecule has 0 fully saturated rings. The third-order valence-electron chi connectivity index (χ3n) is 1.90. The molecule has 0 spiro atoms. The van der Waals surface area contributed by atoms with E-state index in [1.807, 2.05) is 0 Å². The third-order valence-corrected chi connectivity index (χ3v) is 2.10. The minimum atomic E-state index is 0.223. The van der Waals surface area contributed by atoms with Gasteiger partial charge < -0.3 is 20.5 Å². The Bertz CT molecular complexity index is 362. The number of methoxy groups -OCH3 is 1. The summed E-state index contributed by atoms with van der Waals surface area (Å²) in [5.41, 5.74) is 6.03. The molecule has 0 atom stereocenters. The number of rotatable bonds is 8. The Labute approximate surface area is 106 Å². The number of hydrogen-bond donors (Lipinski definition) is 2. The van der Waals surface area contributed by atoms with Crippen LogP contribution in [0, 0.1) is 0 Å². The molecule has 0 saturated heterocycles. The summed E-state index contributed by atoms with van der Waals surface area (Å²) in [6, 6.07) is 0. The van der Waals surface area contributed by atoms with Gasteiger partial charge in [0, 0.05) is 26.0 Å². The Kier molecular flexibility index (Phi) is 6.38. The van der Waals surface area contributed by atoms with Gasteiger partial charge in [0.05, 0.1) is 19.8 Å². The number of aromatic nitrogens is 2. The van der Waals surface area contributed by atoms with Crippen molar-refractivity contribution in [2.45, 2.75) is 0 Å². The van der Waals surface area contributed by atoms with E-state index in [0.29, 0.717) is 37.9 Å². The lowest BCUT2D eigenvalue weighted by molar-refractivity contribution is 0.0759. The van der Waals surface area contributed by atoms with Crippen LogP contribution in [0.25, 0.3) is 0 Å². The molecule has 6 nitrogen and oxygen atoms in total. The van der Waals surface area contributed by atoms with Crippen LogP contribution in [0.4, 0.5) is 5.82 Å². The van der Waals surface area contributed by atoms with Gasteiger partial charge in [-0.15, -0.1) is 0 Å². The lowest BCUT2D eigenvalue weighted by atomic mass is 10.4. The molecule has 0 aliphatic carbocycles. The summed E-state index contributed by atoms with van der Waals surface area (Å²) >= 11 is 4.87. The van der Waals surface area contributed by atoms with E-state index < -0.39 is 0 Å². The second-order valence-corrected chi connectivity index (χ2v) is 3.59. The number of nitrogens with two attached hydrogens (primary N) is 1. The average molecular weight is 256 g/mol. The zero-order valence-electron chi connectivity index (χ0n) is 9.68. The number of hydrogen-bond acceptors (Lipinski definition) is 6. The Morgan fingerprint density at radius 1 is 1.35 bits per heavy atom.